The number of carbonyl (C=O) groups excluding carboxylic acids is 1. The smallest absolute Gasteiger partial charge is 0.226 e. The maximum atomic E-state index is 11.7. The molecule has 2 rings (SSSR count). The van der Waals surface area contributed by atoms with Crippen LogP contribution in [-0.4, -0.2) is 11.9 Å². The third-order valence-electron chi connectivity index (χ3n) is 2.78. The van der Waals surface area contributed by atoms with Crippen molar-refractivity contribution >= 4 is 11.6 Å². The molecule has 0 N–H and O–H groups in total. The molecule has 0 saturated heterocycles. The number of amides is 1. The fourth-order valence-electron chi connectivity index (χ4n) is 2.12. The zero-order valence-electron chi connectivity index (χ0n) is 8.66. The van der Waals surface area contributed by atoms with E-state index in [2.05, 4.69) is 13.0 Å². The molecule has 0 radical (unpaired) electrons. The average molecular weight is 189 g/mol. The van der Waals surface area contributed by atoms with E-state index in [-0.39, 0.29) is 5.91 Å². The van der Waals surface area contributed by atoms with Crippen molar-refractivity contribution in [3.8, 4) is 0 Å². The number of rotatable bonds is 1. The molecule has 0 bridgehead atoms. The molecule has 0 aromatic heterocycles. The van der Waals surface area contributed by atoms with Gasteiger partial charge in [0.2, 0.25) is 5.91 Å². The highest BCUT2D eigenvalue weighted by Gasteiger charge is 2.29. The molecule has 74 valence electrons. The Balaban J connectivity index is 2.39. The number of hydrogen-bond donors (Lipinski definition) is 0. The Hall–Kier alpha value is -1.31. The molecule has 1 heterocycles. The molecule has 14 heavy (non-hydrogen) atoms. The Bertz CT molecular complexity index is 359. The molecule has 2 nitrogen and oxygen atoms in total. The first kappa shape index (κ1) is 9.25. The van der Waals surface area contributed by atoms with Crippen molar-refractivity contribution in [1.29, 1.82) is 0 Å². The Labute approximate surface area is 84.5 Å². The van der Waals surface area contributed by atoms with Crippen LogP contribution in [0, 0.1) is 0 Å². The molecule has 2 heteroatoms. The number of nitrogens with zero attached hydrogens (tertiary/aromatic N) is 1. The minimum absolute atomic E-state index is 0.224. The average Bonchev–Trinajstić information content (AvgIpc) is 2.53. The van der Waals surface area contributed by atoms with Crippen molar-refractivity contribution in [3.63, 3.8) is 0 Å². The Morgan fingerprint density at radius 3 is 2.93 bits per heavy atom. The van der Waals surface area contributed by atoms with Gasteiger partial charge in [-0.15, -0.1) is 0 Å². The lowest BCUT2D eigenvalue weighted by molar-refractivity contribution is -0.118. The molecule has 1 aromatic carbocycles. The first-order valence-corrected chi connectivity index (χ1v) is 5.14. The molecule has 1 aliphatic heterocycles. The predicted molar refractivity (Wildman–Crippen MR) is 57.4 cm³/mol. The Kier molecular flexibility index (Phi) is 2.28. The van der Waals surface area contributed by atoms with Crippen LogP contribution in [0.5, 0.6) is 0 Å². The quantitative estimate of drug-likeness (QED) is 0.664. The van der Waals surface area contributed by atoms with E-state index in [1.165, 1.54) is 5.56 Å². The fourth-order valence-corrected chi connectivity index (χ4v) is 2.12. The fraction of sp³-hybridized carbons (Fsp3) is 0.417. The summed E-state index contributed by atoms with van der Waals surface area (Å²) in [6, 6.07) is 8.49. The van der Waals surface area contributed by atoms with Crippen molar-refractivity contribution in [2.45, 2.75) is 32.7 Å². The van der Waals surface area contributed by atoms with Crippen LogP contribution in [0.3, 0.4) is 0 Å². The van der Waals surface area contributed by atoms with E-state index in [1.54, 1.807) is 0 Å². The highest BCUT2D eigenvalue weighted by molar-refractivity contribution is 5.95. The van der Waals surface area contributed by atoms with Crippen LogP contribution >= 0.6 is 0 Å². The van der Waals surface area contributed by atoms with Gasteiger partial charge in [0, 0.05) is 18.2 Å². The second-order valence-electron chi connectivity index (χ2n) is 3.80. The van der Waals surface area contributed by atoms with Gasteiger partial charge in [-0.3, -0.25) is 4.79 Å². The van der Waals surface area contributed by atoms with Crippen molar-refractivity contribution in [3.05, 3.63) is 29.8 Å². The summed E-state index contributed by atoms with van der Waals surface area (Å²) < 4.78 is 0. The van der Waals surface area contributed by atoms with Crippen molar-refractivity contribution < 1.29 is 4.79 Å². The topological polar surface area (TPSA) is 20.3 Å². The molecule has 0 aliphatic carbocycles. The number of carbonyl (C=O) groups is 1. The summed E-state index contributed by atoms with van der Waals surface area (Å²) in [7, 11) is 0. The van der Waals surface area contributed by atoms with Crippen molar-refractivity contribution in [2.24, 2.45) is 0 Å². The summed E-state index contributed by atoms with van der Waals surface area (Å²) in [5.74, 6) is 0.224. The lowest BCUT2D eigenvalue weighted by atomic mass is 10.1. The maximum absolute atomic E-state index is 11.7. The van der Waals surface area contributed by atoms with Gasteiger partial charge in [0.25, 0.3) is 0 Å². The molecular formula is C12H15NO. The number of fused-ring (bicyclic) bond motifs is 1. The van der Waals surface area contributed by atoms with E-state index in [4.69, 9.17) is 0 Å². The third-order valence-corrected chi connectivity index (χ3v) is 2.78. The van der Waals surface area contributed by atoms with Crippen LogP contribution in [0.2, 0.25) is 0 Å². The van der Waals surface area contributed by atoms with Gasteiger partial charge in [-0.2, -0.15) is 0 Å². The number of hydrogen-bond acceptors (Lipinski definition) is 1. The van der Waals surface area contributed by atoms with E-state index in [1.807, 2.05) is 30.0 Å². The van der Waals surface area contributed by atoms with Gasteiger partial charge in [-0.25, -0.2) is 0 Å². The monoisotopic (exact) mass is 189 g/mol. The number of para-hydroxylation sites is 1. The highest BCUT2D eigenvalue weighted by Crippen LogP contribution is 2.31. The van der Waals surface area contributed by atoms with Crippen LogP contribution in [0.4, 0.5) is 5.69 Å². The predicted octanol–water partition coefficient (Wildman–Crippen LogP) is 2.37. The second kappa shape index (κ2) is 3.45. The third kappa shape index (κ3) is 1.31. The Morgan fingerprint density at radius 1 is 1.50 bits per heavy atom. The normalized spacial score (nSPS) is 19.6. The van der Waals surface area contributed by atoms with Gasteiger partial charge in [-0.1, -0.05) is 25.1 Å². The van der Waals surface area contributed by atoms with Crippen molar-refractivity contribution in [2.75, 3.05) is 4.90 Å². The number of benzene rings is 1. The molecule has 1 aliphatic rings. The summed E-state index contributed by atoms with van der Waals surface area (Å²) in [4.78, 5) is 13.6. The first-order chi connectivity index (χ1) is 6.74. The van der Waals surface area contributed by atoms with E-state index in [0.717, 1.165) is 12.1 Å². The molecule has 1 amide bonds. The summed E-state index contributed by atoms with van der Waals surface area (Å²) in [5, 5.41) is 0. The largest absolute Gasteiger partial charge is 0.309 e. The van der Waals surface area contributed by atoms with Gasteiger partial charge in [0.1, 0.15) is 0 Å². The lowest BCUT2D eigenvalue weighted by Crippen LogP contribution is -2.35. The summed E-state index contributed by atoms with van der Waals surface area (Å²) in [6.45, 7) is 4.02. The Morgan fingerprint density at radius 2 is 2.21 bits per heavy atom. The summed E-state index contributed by atoms with van der Waals surface area (Å²) in [6.07, 6.45) is 1.57. The van der Waals surface area contributed by atoms with Crippen LogP contribution < -0.4 is 4.90 Å². The minimum Gasteiger partial charge on any atom is -0.309 e. The molecule has 0 fully saturated rings. The van der Waals surface area contributed by atoms with Crippen LogP contribution in [0.25, 0.3) is 0 Å². The first-order valence-electron chi connectivity index (χ1n) is 5.14. The molecule has 0 saturated carbocycles. The van der Waals surface area contributed by atoms with Gasteiger partial charge in [0.15, 0.2) is 0 Å². The van der Waals surface area contributed by atoms with E-state index in [0.29, 0.717) is 12.5 Å². The second-order valence-corrected chi connectivity index (χ2v) is 3.80. The minimum atomic E-state index is 0.224. The SMILES string of the molecule is CCC(=O)N1c2ccccc2CC1C. The van der Waals surface area contributed by atoms with Crippen LogP contribution in [-0.2, 0) is 11.2 Å². The van der Waals surface area contributed by atoms with Gasteiger partial charge in [-0.05, 0) is 25.0 Å². The summed E-state index contributed by atoms with van der Waals surface area (Å²) >= 11 is 0. The van der Waals surface area contributed by atoms with E-state index < -0.39 is 0 Å². The lowest BCUT2D eigenvalue weighted by Gasteiger charge is -2.21. The molecule has 1 aromatic rings. The van der Waals surface area contributed by atoms with Crippen LogP contribution in [0.15, 0.2) is 24.3 Å². The zero-order valence-corrected chi connectivity index (χ0v) is 8.66. The number of anilines is 1. The molecule has 1 atom stereocenters. The van der Waals surface area contributed by atoms with Gasteiger partial charge < -0.3 is 4.90 Å². The molecule has 0 spiro atoms. The van der Waals surface area contributed by atoms with Crippen molar-refractivity contribution in [1.82, 2.24) is 0 Å². The van der Waals surface area contributed by atoms with Gasteiger partial charge in [0.05, 0.1) is 0 Å². The maximum Gasteiger partial charge on any atom is 0.226 e. The van der Waals surface area contributed by atoms with E-state index in [9.17, 15) is 4.79 Å². The zero-order chi connectivity index (χ0) is 10.1. The highest BCUT2D eigenvalue weighted by atomic mass is 16.2. The van der Waals surface area contributed by atoms with Gasteiger partial charge >= 0.3 is 0 Å². The van der Waals surface area contributed by atoms with Crippen LogP contribution in [0.1, 0.15) is 25.8 Å². The summed E-state index contributed by atoms with van der Waals surface area (Å²) in [5.41, 5.74) is 2.40. The standard InChI is InChI=1S/C12H15NO/c1-3-12(14)13-9(2)8-10-6-4-5-7-11(10)13/h4-7,9H,3,8H2,1-2H3. The molecular weight excluding hydrogens is 174 g/mol. The van der Waals surface area contributed by atoms with E-state index >= 15 is 0 Å². The molecule has 1 unspecified atom stereocenters.